The molecule has 3 N–H and O–H groups in total. The number of hydrogen-bond donors (Lipinski definition) is 2. The lowest BCUT2D eigenvalue weighted by Crippen LogP contribution is -2.48. The summed E-state index contributed by atoms with van der Waals surface area (Å²) in [5.41, 5.74) is 6.50. The van der Waals surface area contributed by atoms with E-state index in [2.05, 4.69) is 4.98 Å². The lowest BCUT2D eigenvalue weighted by molar-refractivity contribution is -0.119. The van der Waals surface area contributed by atoms with Crippen molar-refractivity contribution >= 4 is 28.4 Å². The van der Waals surface area contributed by atoms with Crippen LogP contribution in [0.4, 0.5) is 5.69 Å². The van der Waals surface area contributed by atoms with E-state index in [-0.39, 0.29) is 11.1 Å². The average molecular weight is 349 g/mol. The zero-order chi connectivity index (χ0) is 18.7. The van der Waals surface area contributed by atoms with Crippen LogP contribution in [-0.2, 0) is 4.79 Å². The molecule has 3 aromatic rings. The molecule has 0 fully saturated rings. The number of nitrogens with two attached hydrogens (primary N) is 1. The predicted molar refractivity (Wildman–Crippen MR) is 101 cm³/mol. The molecular weight excluding hydrogens is 330 g/mol. The van der Waals surface area contributed by atoms with Crippen LogP contribution in [0.1, 0.15) is 23.7 Å². The third-order valence-corrected chi connectivity index (χ3v) is 4.26. The number of anilines is 1. The second-order valence-corrected chi connectivity index (χ2v) is 5.93. The van der Waals surface area contributed by atoms with Crippen molar-refractivity contribution in [2.24, 2.45) is 5.73 Å². The minimum absolute atomic E-state index is 0.230. The van der Waals surface area contributed by atoms with Gasteiger partial charge in [-0.15, -0.1) is 0 Å². The quantitative estimate of drug-likeness (QED) is 0.740. The molecule has 0 radical (unpaired) electrons. The van der Waals surface area contributed by atoms with Crippen LogP contribution in [0.5, 0.6) is 0 Å². The molecule has 0 saturated carbocycles. The topological polar surface area (TPSA) is 96.3 Å². The molecule has 3 rings (SSSR count). The summed E-state index contributed by atoms with van der Waals surface area (Å²) in [5.74, 6) is -1.04. The maximum Gasteiger partial charge on any atom is 0.259 e. The molecule has 1 aromatic heterocycles. The van der Waals surface area contributed by atoms with E-state index >= 15 is 0 Å². The fourth-order valence-corrected chi connectivity index (χ4v) is 3.05. The van der Waals surface area contributed by atoms with E-state index in [1.807, 2.05) is 6.07 Å². The van der Waals surface area contributed by atoms with Crippen molar-refractivity contribution in [2.45, 2.75) is 19.4 Å². The average Bonchev–Trinajstić information content (AvgIpc) is 2.65. The van der Waals surface area contributed by atoms with Gasteiger partial charge in [0, 0.05) is 22.7 Å². The van der Waals surface area contributed by atoms with Gasteiger partial charge in [-0.25, -0.2) is 0 Å². The summed E-state index contributed by atoms with van der Waals surface area (Å²) >= 11 is 0. The zero-order valence-corrected chi connectivity index (χ0v) is 14.3. The summed E-state index contributed by atoms with van der Waals surface area (Å²) in [6, 6.07) is 16.3. The molecule has 0 aliphatic rings. The summed E-state index contributed by atoms with van der Waals surface area (Å²) in [5, 5.41) is 0.609. The number of amides is 2. The summed E-state index contributed by atoms with van der Waals surface area (Å²) in [4.78, 5) is 41.5. The van der Waals surface area contributed by atoms with Crippen LogP contribution >= 0.6 is 0 Å². The summed E-state index contributed by atoms with van der Waals surface area (Å²) in [7, 11) is 0. The van der Waals surface area contributed by atoms with Crippen molar-refractivity contribution in [1.82, 2.24) is 4.98 Å². The zero-order valence-electron chi connectivity index (χ0n) is 14.3. The number of nitrogens with one attached hydrogen (secondary N) is 1. The molecule has 0 aliphatic heterocycles. The second kappa shape index (κ2) is 7.23. The van der Waals surface area contributed by atoms with Crippen LogP contribution in [0.2, 0.25) is 0 Å². The van der Waals surface area contributed by atoms with E-state index in [4.69, 9.17) is 5.73 Å². The number of benzene rings is 2. The first kappa shape index (κ1) is 17.4. The highest BCUT2D eigenvalue weighted by Crippen LogP contribution is 2.24. The fraction of sp³-hybridized carbons (Fsp3) is 0.150. The van der Waals surface area contributed by atoms with Crippen LogP contribution in [0.3, 0.4) is 0 Å². The van der Waals surface area contributed by atoms with Crippen LogP contribution < -0.4 is 16.2 Å². The molecule has 2 amide bonds. The number of fused-ring (bicyclic) bond motifs is 1. The number of nitrogens with zero attached hydrogens (tertiary/aromatic N) is 1. The molecule has 1 atom stereocenters. The molecule has 0 unspecified atom stereocenters. The third-order valence-electron chi connectivity index (χ3n) is 4.26. The Labute approximate surface area is 150 Å². The molecule has 0 spiro atoms. The maximum absolute atomic E-state index is 13.4. The van der Waals surface area contributed by atoms with Crippen molar-refractivity contribution in [2.75, 3.05) is 4.90 Å². The number of pyridine rings is 1. The molecule has 0 bridgehead atoms. The Morgan fingerprint density at radius 3 is 2.38 bits per heavy atom. The van der Waals surface area contributed by atoms with Crippen molar-refractivity contribution in [3.8, 4) is 0 Å². The van der Waals surface area contributed by atoms with E-state index in [9.17, 15) is 14.4 Å². The summed E-state index contributed by atoms with van der Waals surface area (Å²) in [6.07, 6.45) is 0.358. The van der Waals surface area contributed by atoms with Crippen molar-refractivity contribution in [3.05, 3.63) is 76.6 Å². The maximum atomic E-state index is 13.4. The Morgan fingerprint density at radius 1 is 1.08 bits per heavy atom. The molecule has 132 valence electrons. The predicted octanol–water partition coefficient (Wildman–Crippen LogP) is 2.44. The fourth-order valence-electron chi connectivity index (χ4n) is 3.05. The van der Waals surface area contributed by atoms with Crippen molar-refractivity contribution < 1.29 is 9.59 Å². The lowest BCUT2D eigenvalue weighted by Gasteiger charge is -2.29. The van der Waals surface area contributed by atoms with Crippen LogP contribution in [0, 0.1) is 0 Å². The number of hydrogen-bond acceptors (Lipinski definition) is 3. The van der Waals surface area contributed by atoms with Gasteiger partial charge in [-0.05, 0) is 24.6 Å². The number of carbonyl (C=O) groups is 2. The first-order valence-electron chi connectivity index (χ1n) is 8.33. The Morgan fingerprint density at radius 2 is 1.73 bits per heavy atom. The van der Waals surface area contributed by atoms with Crippen molar-refractivity contribution in [3.63, 3.8) is 0 Å². The number of primary amides is 1. The molecule has 1 heterocycles. The Balaban J connectivity index is 2.21. The van der Waals surface area contributed by atoms with Gasteiger partial charge in [0.15, 0.2) is 0 Å². The number of para-hydroxylation sites is 2. The molecule has 0 saturated heterocycles. The number of carbonyl (C=O) groups excluding carboxylic acids is 2. The Bertz CT molecular complexity index is 1010. The van der Waals surface area contributed by atoms with Gasteiger partial charge in [-0.3, -0.25) is 19.3 Å². The van der Waals surface area contributed by atoms with E-state index in [1.54, 1.807) is 55.5 Å². The van der Waals surface area contributed by atoms with Crippen LogP contribution in [0.15, 0.2) is 65.5 Å². The molecule has 0 aliphatic carbocycles. The largest absolute Gasteiger partial charge is 0.368 e. The van der Waals surface area contributed by atoms with Gasteiger partial charge in [-0.1, -0.05) is 43.3 Å². The standard InChI is InChI=1S/C20H19N3O3/c1-2-17(19(21)25)23(13-8-4-3-5-9-13)20(26)15-12-18(24)22-16-11-7-6-10-14(15)16/h3-12,17H,2H2,1H3,(H2,21,25)(H,22,24)/t17-/m0/s1. The first-order chi connectivity index (χ1) is 12.5. The smallest absolute Gasteiger partial charge is 0.259 e. The summed E-state index contributed by atoms with van der Waals surface area (Å²) in [6.45, 7) is 1.79. The van der Waals surface area contributed by atoms with Gasteiger partial charge >= 0.3 is 0 Å². The van der Waals surface area contributed by atoms with E-state index < -0.39 is 17.9 Å². The summed E-state index contributed by atoms with van der Waals surface area (Å²) < 4.78 is 0. The van der Waals surface area contributed by atoms with Gasteiger partial charge < -0.3 is 10.7 Å². The molecule has 26 heavy (non-hydrogen) atoms. The molecule has 2 aromatic carbocycles. The second-order valence-electron chi connectivity index (χ2n) is 5.93. The molecule has 6 nitrogen and oxygen atoms in total. The number of H-pyrrole nitrogens is 1. The van der Waals surface area contributed by atoms with E-state index in [0.29, 0.717) is 23.0 Å². The highest BCUT2D eigenvalue weighted by atomic mass is 16.2. The van der Waals surface area contributed by atoms with Gasteiger partial charge in [0.05, 0.1) is 5.56 Å². The normalized spacial score (nSPS) is 11.9. The highest BCUT2D eigenvalue weighted by Gasteiger charge is 2.30. The lowest BCUT2D eigenvalue weighted by atomic mass is 10.0. The minimum Gasteiger partial charge on any atom is -0.368 e. The van der Waals surface area contributed by atoms with Crippen molar-refractivity contribution in [1.29, 1.82) is 0 Å². The number of aromatic amines is 1. The van der Waals surface area contributed by atoms with E-state index in [1.165, 1.54) is 11.0 Å². The third kappa shape index (κ3) is 3.21. The van der Waals surface area contributed by atoms with Gasteiger partial charge in [0.1, 0.15) is 6.04 Å². The van der Waals surface area contributed by atoms with E-state index in [0.717, 1.165) is 0 Å². The Kier molecular flexibility index (Phi) is 4.84. The van der Waals surface area contributed by atoms with Gasteiger partial charge in [0.2, 0.25) is 11.5 Å². The molecule has 6 heteroatoms. The van der Waals surface area contributed by atoms with Gasteiger partial charge in [0.25, 0.3) is 5.91 Å². The van der Waals surface area contributed by atoms with Crippen LogP contribution in [0.25, 0.3) is 10.9 Å². The number of rotatable bonds is 5. The Hall–Kier alpha value is -3.41. The SMILES string of the molecule is CC[C@@H](C(N)=O)N(C(=O)c1cc(=O)[nH]c2ccccc12)c1ccccc1. The minimum atomic E-state index is -0.817. The molecular formula is C20H19N3O3. The first-order valence-corrected chi connectivity index (χ1v) is 8.33. The van der Waals surface area contributed by atoms with Crippen LogP contribution in [-0.4, -0.2) is 22.8 Å². The number of aromatic nitrogens is 1. The highest BCUT2D eigenvalue weighted by molar-refractivity contribution is 6.15. The van der Waals surface area contributed by atoms with Gasteiger partial charge in [-0.2, -0.15) is 0 Å². The monoisotopic (exact) mass is 349 g/mol.